The standard InChI is InChI=1S/C14H15F3N4OS/c1-8-6-12(19-13(22)9(2)23-3)21(20-8)11-5-4-10(7-18-11)14(15,16)17/h4-7,9H,1-3H3,(H,19,22)/t9-/m1/s1. The Hall–Kier alpha value is -2.03. The SMILES string of the molecule is CS[C@H](C)C(=O)Nc1cc(C)nn1-c1ccc(C(F)(F)F)cn1. The first-order valence-electron chi connectivity index (χ1n) is 6.66. The topological polar surface area (TPSA) is 59.8 Å². The molecule has 0 saturated carbocycles. The van der Waals surface area contributed by atoms with E-state index in [0.717, 1.165) is 12.3 Å². The summed E-state index contributed by atoms with van der Waals surface area (Å²) in [7, 11) is 0. The summed E-state index contributed by atoms with van der Waals surface area (Å²) in [5.74, 6) is 0.337. The summed E-state index contributed by atoms with van der Waals surface area (Å²) in [6.45, 7) is 3.47. The van der Waals surface area contributed by atoms with Crippen LogP contribution in [0.3, 0.4) is 0 Å². The molecule has 9 heteroatoms. The minimum absolute atomic E-state index is 0.193. The van der Waals surface area contributed by atoms with Gasteiger partial charge in [0.2, 0.25) is 5.91 Å². The van der Waals surface area contributed by atoms with Crippen LogP contribution in [0.2, 0.25) is 0 Å². The van der Waals surface area contributed by atoms with Gasteiger partial charge in [-0.2, -0.15) is 34.7 Å². The van der Waals surface area contributed by atoms with Crippen molar-refractivity contribution < 1.29 is 18.0 Å². The van der Waals surface area contributed by atoms with Crippen molar-refractivity contribution in [3.63, 3.8) is 0 Å². The number of aryl methyl sites for hydroxylation is 1. The smallest absolute Gasteiger partial charge is 0.310 e. The molecule has 2 aromatic heterocycles. The van der Waals surface area contributed by atoms with Gasteiger partial charge in [0.25, 0.3) is 0 Å². The van der Waals surface area contributed by atoms with Gasteiger partial charge in [0, 0.05) is 12.3 Å². The zero-order valence-electron chi connectivity index (χ0n) is 12.7. The van der Waals surface area contributed by atoms with Crippen molar-refractivity contribution in [2.24, 2.45) is 0 Å². The fourth-order valence-corrected chi connectivity index (χ4v) is 2.05. The second-order valence-corrected chi connectivity index (χ2v) is 6.03. The van der Waals surface area contributed by atoms with Gasteiger partial charge in [-0.1, -0.05) is 0 Å². The second-order valence-electron chi connectivity index (χ2n) is 4.85. The predicted octanol–water partition coefficient (Wildman–Crippen LogP) is 3.28. The fraction of sp³-hybridized carbons (Fsp3) is 0.357. The third-order valence-electron chi connectivity index (χ3n) is 3.10. The Morgan fingerprint density at radius 3 is 2.61 bits per heavy atom. The van der Waals surface area contributed by atoms with Crippen molar-refractivity contribution in [3.8, 4) is 5.82 Å². The Kier molecular flexibility index (Phi) is 4.98. The lowest BCUT2D eigenvalue weighted by Gasteiger charge is -2.12. The van der Waals surface area contributed by atoms with Gasteiger partial charge in [0.1, 0.15) is 5.82 Å². The predicted molar refractivity (Wildman–Crippen MR) is 82.7 cm³/mol. The highest BCUT2D eigenvalue weighted by molar-refractivity contribution is 7.99. The Morgan fingerprint density at radius 1 is 1.39 bits per heavy atom. The minimum Gasteiger partial charge on any atom is -0.310 e. The van der Waals surface area contributed by atoms with Crippen molar-refractivity contribution in [2.75, 3.05) is 11.6 Å². The van der Waals surface area contributed by atoms with E-state index in [2.05, 4.69) is 15.4 Å². The summed E-state index contributed by atoms with van der Waals surface area (Å²) in [5.41, 5.74) is -0.231. The molecule has 1 N–H and O–H groups in total. The van der Waals surface area contributed by atoms with Gasteiger partial charge in [0.15, 0.2) is 5.82 Å². The maximum Gasteiger partial charge on any atom is 0.417 e. The van der Waals surface area contributed by atoms with E-state index in [0.29, 0.717) is 11.5 Å². The number of amides is 1. The Bertz CT molecular complexity index is 697. The Labute approximate surface area is 135 Å². The largest absolute Gasteiger partial charge is 0.417 e. The lowest BCUT2D eigenvalue weighted by Crippen LogP contribution is -2.23. The van der Waals surface area contributed by atoms with Crippen LogP contribution in [0.25, 0.3) is 5.82 Å². The van der Waals surface area contributed by atoms with E-state index in [9.17, 15) is 18.0 Å². The van der Waals surface area contributed by atoms with Gasteiger partial charge in [-0.05, 0) is 32.2 Å². The molecule has 1 atom stereocenters. The molecule has 0 aliphatic rings. The number of rotatable bonds is 4. The molecule has 124 valence electrons. The van der Waals surface area contributed by atoms with E-state index in [1.807, 2.05) is 6.26 Å². The molecular weight excluding hydrogens is 329 g/mol. The molecule has 5 nitrogen and oxygen atoms in total. The second kappa shape index (κ2) is 6.61. The lowest BCUT2D eigenvalue weighted by molar-refractivity contribution is -0.137. The monoisotopic (exact) mass is 344 g/mol. The molecule has 2 rings (SSSR count). The van der Waals surface area contributed by atoms with Crippen molar-refractivity contribution >= 4 is 23.5 Å². The van der Waals surface area contributed by atoms with E-state index < -0.39 is 11.7 Å². The third kappa shape index (κ3) is 4.04. The van der Waals surface area contributed by atoms with E-state index in [-0.39, 0.29) is 17.0 Å². The highest BCUT2D eigenvalue weighted by Gasteiger charge is 2.30. The van der Waals surface area contributed by atoms with Gasteiger partial charge in [0.05, 0.1) is 16.5 Å². The number of nitrogens with one attached hydrogen (secondary N) is 1. The number of pyridine rings is 1. The molecule has 0 spiro atoms. The van der Waals surface area contributed by atoms with Crippen molar-refractivity contribution in [1.29, 1.82) is 0 Å². The molecular formula is C14H15F3N4OS. The third-order valence-corrected chi connectivity index (χ3v) is 4.02. The average Bonchev–Trinajstić information content (AvgIpc) is 2.86. The first kappa shape index (κ1) is 17.3. The van der Waals surface area contributed by atoms with Crippen LogP contribution in [0.5, 0.6) is 0 Å². The van der Waals surface area contributed by atoms with Crippen molar-refractivity contribution in [2.45, 2.75) is 25.3 Å². The number of halogens is 3. The number of anilines is 1. The zero-order chi connectivity index (χ0) is 17.2. The molecule has 0 radical (unpaired) electrons. The van der Waals surface area contributed by atoms with Gasteiger partial charge in [-0.3, -0.25) is 4.79 Å². The van der Waals surface area contributed by atoms with Crippen molar-refractivity contribution in [3.05, 3.63) is 35.7 Å². The first-order chi connectivity index (χ1) is 10.7. The number of hydrogen-bond donors (Lipinski definition) is 1. The number of thioether (sulfide) groups is 1. The maximum atomic E-state index is 12.6. The molecule has 23 heavy (non-hydrogen) atoms. The van der Waals surface area contributed by atoms with Crippen LogP contribution in [-0.4, -0.2) is 32.2 Å². The Balaban J connectivity index is 2.31. The maximum absolute atomic E-state index is 12.6. The fourth-order valence-electron chi connectivity index (χ4n) is 1.78. The van der Waals surface area contributed by atoms with E-state index in [1.165, 1.54) is 22.5 Å². The molecule has 0 aromatic carbocycles. The van der Waals surface area contributed by atoms with Crippen LogP contribution >= 0.6 is 11.8 Å². The summed E-state index contributed by atoms with van der Waals surface area (Å²) in [4.78, 5) is 15.8. The quantitative estimate of drug-likeness (QED) is 0.925. The van der Waals surface area contributed by atoms with Crippen LogP contribution in [0.4, 0.5) is 19.0 Å². The first-order valence-corrected chi connectivity index (χ1v) is 7.95. The lowest BCUT2D eigenvalue weighted by atomic mass is 10.3. The number of aromatic nitrogens is 3. The summed E-state index contributed by atoms with van der Waals surface area (Å²) in [5, 5.41) is 6.60. The number of hydrogen-bond acceptors (Lipinski definition) is 4. The van der Waals surface area contributed by atoms with Gasteiger partial charge in [-0.15, -0.1) is 0 Å². The molecule has 1 amide bonds. The highest BCUT2D eigenvalue weighted by Crippen LogP contribution is 2.29. The van der Waals surface area contributed by atoms with Crippen LogP contribution in [-0.2, 0) is 11.0 Å². The molecule has 0 unspecified atom stereocenters. The van der Waals surface area contributed by atoms with E-state index in [4.69, 9.17) is 0 Å². The summed E-state index contributed by atoms with van der Waals surface area (Å²) >= 11 is 1.38. The molecule has 0 aliphatic carbocycles. The van der Waals surface area contributed by atoms with E-state index in [1.54, 1.807) is 19.9 Å². The molecule has 0 fully saturated rings. The number of carbonyl (C=O) groups excluding carboxylic acids is 1. The number of carbonyl (C=O) groups is 1. The van der Waals surface area contributed by atoms with Crippen LogP contribution in [0.15, 0.2) is 24.4 Å². The van der Waals surface area contributed by atoms with Gasteiger partial charge < -0.3 is 5.32 Å². The molecule has 2 aromatic rings. The van der Waals surface area contributed by atoms with Gasteiger partial charge >= 0.3 is 6.18 Å². The van der Waals surface area contributed by atoms with Crippen LogP contribution in [0.1, 0.15) is 18.2 Å². The van der Waals surface area contributed by atoms with Crippen molar-refractivity contribution in [1.82, 2.24) is 14.8 Å². The number of alkyl halides is 3. The average molecular weight is 344 g/mol. The summed E-state index contributed by atoms with van der Waals surface area (Å²) in [6, 6.07) is 3.77. The molecule has 0 aliphatic heterocycles. The van der Waals surface area contributed by atoms with Gasteiger partial charge in [-0.25, -0.2) is 4.98 Å². The van der Waals surface area contributed by atoms with Crippen LogP contribution < -0.4 is 5.32 Å². The molecule has 0 bridgehead atoms. The van der Waals surface area contributed by atoms with Crippen LogP contribution in [0, 0.1) is 6.92 Å². The van der Waals surface area contributed by atoms with E-state index >= 15 is 0 Å². The Morgan fingerprint density at radius 2 is 2.09 bits per heavy atom. The normalized spacial score (nSPS) is 13.0. The highest BCUT2D eigenvalue weighted by atomic mass is 32.2. The summed E-state index contributed by atoms with van der Waals surface area (Å²) < 4.78 is 39.1. The zero-order valence-corrected chi connectivity index (χ0v) is 13.5. The number of nitrogens with zero attached hydrogens (tertiary/aromatic N) is 3. The molecule has 2 heterocycles. The molecule has 0 saturated heterocycles. The summed E-state index contributed by atoms with van der Waals surface area (Å²) in [6.07, 6.45) is -1.90. The minimum atomic E-state index is -4.45.